The normalized spacial score (nSPS) is 12.6. The van der Waals surface area contributed by atoms with Crippen molar-refractivity contribution in [1.82, 2.24) is 5.32 Å². The van der Waals surface area contributed by atoms with Gasteiger partial charge in [-0.3, -0.25) is 4.79 Å². The van der Waals surface area contributed by atoms with Crippen molar-refractivity contribution in [2.75, 3.05) is 18.6 Å². The van der Waals surface area contributed by atoms with Crippen LogP contribution in [-0.2, 0) is 4.79 Å². The van der Waals surface area contributed by atoms with Gasteiger partial charge in [-0.2, -0.15) is 11.8 Å². The van der Waals surface area contributed by atoms with Crippen molar-refractivity contribution in [3.05, 3.63) is 0 Å². The van der Waals surface area contributed by atoms with Crippen LogP contribution in [0.4, 0.5) is 0 Å². The summed E-state index contributed by atoms with van der Waals surface area (Å²) in [7, 11) is 0. The molecule has 1 amide bonds. The lowest BCUT2D eigenvalue weighted by molar-refractivity contribution is -0.121. The molecule has 0 aliphatic carbocycles. The molecule has 0 aliphatic rings. The maximum absolute atomic E-state index is 11.0. The summed E-state index contributed by atoms with van der Waals surface area (Å²) in [4.78, 5) is 11.0. The molecule has 1 unspecified atom stereocenters. The van der Waals surface area contributed by atoms with Crippen molar-refractivity contribution >= 4 is 17.7 Å². The molecule has 0 saturated heterocycles. The minimum absolute atomic E-state index is 0.186. The lowest BCUT2D eigenvalue weighted by Crippen LogP contribution is -2.28. The zero-order valence-electron chi connectivity index (χ0n) is 8.22. The molecule has 0 bridgehead atoms. The summed E-state index contributed by atoms with van der Waals surface area (Å²) < 4.78 is 0. The molecule has 0 aromatic rings. The number of hydrogen-bond donors (Lipinski definition) is 1. The molecule has 0 heterocycles. The van der Waals surface area contributed by atoms with E-state index in [-0.39, 0.29) is 5.91 Å². The first kappa shape index (κ1) is 11.8. The number of nitrogens with one attached hydrogen (secondary N) is 1. The zero-order chi connectivity index (χ0) is 9.40. The molecule has 3 heteroatoms. The Morgan fingerprint density at radius 2 is 2.25 bits per heavy atom. The maximum atomic E-state index is 11.0. The third-order valence-corrected chi connectivity index (χ3v) is 2.48. The Hall–Kier alpha value is -0.180. The Kier molecular flexibility index (Phi) is 7.36. The first-order chi connectivity index (χ1) is 5.70. The van der Waals surface area contributed by atoms with Crippen molar-refractivity contribution in [1.29, 1.82) is 0 Å². The van der Waals surface area contributed by atoms with E-state index in [1.807, 2.05) is 18.7 Å². The highest BCUT2D eigenvalue weighted by Crippen LogP contribution is 2.02. The summed E-state index contributed by atoms with van der Waals surface area (Å²) >= 11 is 1.82. The molecule has 0 aromatic carbocycles. The van der Waals surface area contributed by atoms with E-state index in [1.165, 1.54) is 0 Å². The molecular formula is C9H19NOS. The zero-order valence-corrected chi connectivity index (χ0v) is 9.04. The van der Waals surface area contributed by atoms with E-state index in [0.29, 0.717) is 12.3 Å². The Balaban J connectivity index is 3.33. The minimum Gasteiger partial charge on any atom is -0.356 e. The summed E-state index contributed by atoms with van der Waals surface area (Å²) in [6.45, 7) is 4.99. The Bertz CT molecular complexity index is 128. The van der Waals surface area contributed by atoms with Gasteiger partial charge in [0, 0.05) is 13.0 Å². The van der Waals surface area contributed by atoms with Crippen LogP contribution in [0.15, 0.2) is 0 Å². The van der Waals surface area contributed by atoms with Crippen molar-refractivity contribution < 1.29 is 4.79 Å². The topological polar surface area (TPSA) is 29.1 Å². The van der Waals surface area contributed by atoms with E-state index in [2.05, 4.69) is 18.5 Å². The van der Waals surface area contributed by atoms with E-state index in [0.717, 1.165) is 18.7 Å². The van der Waals surface area contributed by atoms with E-state index in [4.69, 9.17) is 0 Å². The molecule has 72 valence electrons. The third-order valence-electron chi connectivity index (χ3n) is 1.58. The second kappa shape index (κ2) is 7.47. The number of thioether (sulfide) groups is 1. The van der Waals surface area contributed by atoms with Gasteiger partial charge in [-0.1, -0.05) is 13.8 Å². The minimum atomic E-state index is 0.186. The summed E-state index contributed by atoms with van der Waals surface area (Å²) in [5.41, 5.74) is 0. The van der Waals surface area contributed by atoms with Crippen LogP contribution in [-0.4, -0.2) is 24.5 Å². The molecule has 1 atom stereocenters. The lowest BCUT2D eigenvalue weighted by Gasteiger charge is -2.10. The van der Waals surface area contributed by atoms with Gasteiger partial charge in [-0.15, -0.1) is 0 Å². The number of carbonyl (C=O) groups excluding carboxylic acids is 1. The molecule has 1 N–H and O–H groups in total. The predicted octanol–water partition coefficient (Wildman–Crippen LogP) is 1.90. The molecule has 0 rings (SSSR count). The summed E-state index contributed by atoms with van der Waals surface area (Å²) in [6.07, 6.45) is 3.68. The molecular weight excluding hydrogens is 170 g/mol. The molecule has 0 fully saturated rings. The quantitative estimate of drug-likeness (QED) is 0.691. The summed E-state index contributed by atoms with van der Waals surface area (Å²) in [6, 6.07) is 0. The Morgan fingerprint density at radius 1 is 1.58 bits per heavy atom. The first-order valence-corrected chi connectivity index (χ1v) is 5.85. The van der Waals surface area contributed by atoms with Crippen LogP contribution in [0.25, 0.3) is 0 Å². The predicted molar refractivity (Wildman–Crippen MR) is 55.5 cm³/mol. The van der Waals surface area contributed by atoms with Gasteiger partial charge >= 0.3 is 0 Å². The molecule has 0 aromatic heterocycles. The second-order valence-corrected chi connectivity index (χ2v) is 4.03. The fraction of sp³-hybridized carbons (Fsp3) is 0.889. The number of amides is 1. The number of carbonyl (C=O) groups is 1. The van der Waals surface area contributed by atoms with Gasteiger partial charge in [0.25, 0.3) is 0 Å². The monoisotopic (exact) mass is 189 g/mol. The molecule has 0 radical (unpaired) electrons. The van der Waals surface area contributed by atoms with E-state index in [1.54, 1.807) is 0 Å². The van der Waals surface area contributed by atoms with Crippen molar-refractivity contribution in [3.63, 3.8) is 0 Å². The van der Waals surface area contributed by atoms with Gasteiger partial charge in [-0.05, 0) is 24.3 Å². The maximum Gasteiger partial charge on any atom is 0.219 e. The summed E-state index contributed by atoms with van der Waals surface area (Å²) in [5.74, 6) is 1.89. The number of rotatable bonds is 6. The average molecular weight is 189 g/mol. The highest BCUT2D eigenvalue weighted by molar-refractivity contribution is 7.98. The highest BCUT2D eigenvalue weighted by Gasteiger charge is 2.03. The molecule has 0 saturated carbocycles. The first-order valence-electron chi connectivity index (χ1n) is 4.46. The largest absolute Gasteiger partial charge is 0.356 e. The van der Waals surface area contributed by atoms with Gasteiger partial charge in [0.05, 0.1) is 0 Å². The second-order valence-electron chi connectivity index (χ2n) is 3.11. The van der Waals surface area contributed by atoms with E-state index in [9.17, 15) is 4.79 Å². The summed E-state index contributed by atoms with van der Waals surface area (Å²) in [5, 5.41) is 2.92. The van der Waals surface area contributed by atoms with Crippen LogP contribution in [0.3, 0.4) is 0 Å². The average Bonchev–Trinajstić information content (AvgIpc) is 2.02. The third kappa shape index (κ3) is 6.53. The lowest BCUT2D eigenvalue weighted by atomic mass is 10.2. The number of hydrogen-bond acceptors (Lipinski definition) is 2. The molecule has 0 aliphatic heterocycles. The molecule has 12 heavy (non-hydrogen) atoms. The Labute approximate surface area is 79.5 Å². The molecule has 2 nitrogen and oxygen atoms in total. The van der Waals surface area contributed by atoms with Gasteiger partial charge < -0.3 is 5.32 Å². The highest BCUT2D eigenvalue weighted by atomic mass is 32.2. The SMILES string of the molecule is CCCC(=O)NCC(C)CSC. The van der Waals surface area contributed by atoms with Crippen molar-refractivity contribution in [2.45, 2.75) is 26.7 Å². The Morgan fingerprint density at radius 3 is 2.75 bits per heavy atom. The van der Waals surface area contributed by atoms with Crippen LogP contribution in [0.2, 0.25) is 0 Å². The molecule has 0 spiro atoms. The van der Waals surface area contributed by atoms with Crippen LogP contribution in [0.5, 0.6) is 0 Å². The fourth-order valence-corrected chi connectivity index (χ4v) is 1.63. The van der Waals surface area contributed by atoms with Crippen LogP contribution >= 0.6 is 11.8 Å². The van der Waals surface area contributed by atoms with Crippen molar-refractivity contribution in [2.24, 2.45) is 5.92 Å². The van der Waals surface area contributed by atoms with Gasteiger partial charge in [-0.25, -0.2) is 0 Å². The smallest absolute Gasteiger partial charge is 0.219 e. The van der Waals surface area contributed by atoms with Crippen molar-refractivity contribution in [3.8, 4) is 0 Å². The van der Waals surface area contributed by atoms with Gasteiger partial charge in [0.15, 0.2) is 0 Å². The fourth-order valence-electron chi connectivity index (χ4n) is 0.947. The van der Waals surface area contributed by atoms with Crippen LogP contribution in [0, 0.1) is 5.92 Å². The van der Waals surface area contributed by atoms with E-state index >= 15 is 0 Å². The standard InChI is InChI=1S/C9H19NOS/c1-4-5-9(11)10-6-8(2)7-12-3/h8H,4-7H2,1-3H3,(H,10,11). The van der Waals surface area contributed by atoms with Crippen LogP contribution in [0.1, 0.15) is 26.7 Å². The van der Waals surface area contributed by atoms with E-state index < -0.39 is 0 Å². The van der Waals surface area contributed by atoms with Gasteiger partial charge in [0.1, 0.15) is 0 Å². The van der Waals surface area contributed by atoms with Gasteiger partial charge in [0.2, 0.25) is 5.91 Å². The van der Waals surface area contributed by atoms with Crippen LogP contribution < -0.4 is 5.32 Å².